The predicted molar refractivity (Wildman–Crippen MR) is 91.4 cm³/mol. The first-order valence-corrected chi connectivity index (χ1v) is 8.69. The summed E-state index contributed by atoms with van der Waals surface area (Å²) >= 11 is 0. The van der Waals surface area contributed by atoms with Crippen LogP contribution in [-0.2, 0) is 9.59 Å². The number of aliphatic imine (C=N–C) groups is 1. The molecule has 0 amide bonds. The number of rotatable bonds is 2. The lowest BCUT2D eigenvalue weighted by molar-refractivity contribution is -0.122. The van der Waals surface area contributed by atoms with Gasteiger partial charge in [-0.1, -0.05) is 12.1 Å². The standard InChI is InChI=1S/C20H21NO3/c1-24-13-10-8-12(9-11-13)18-19-14(4-2-6-16(19)22)21-15-5-3-7-17(23)20(15)18/h8-11,18-19H,2-7H2,1H3. The highest BCUT2D eigenvalue weighted by Gasteiger charge is 2.44. The molecule has 0 bridgehead atoms. The molecule has 24 heavy (non-hydrogen) atoms. The Morgan fingerprint density at radius 3 is 2.46 bits per heavy atom. The lowest BCUT2D eigenvalue weighted by Gasteiger charge is -2.37. The highest BCUT2D eigenvalue weighted by molar-refractivity contribution is 6.12. The van der Waals surface area contributed by atoms with E-state index in [1.807, 2.05) is 24.3 Å². The third-order valence-corrected chi connectivity index (χ3v) is 5.39. The summed E-state index contributed by atoms with van der Waals surface area (Å²) in [4.78, 5) is 30.1. The van der Waals surface area contributed by atoms with Crippen molar-refractivity contribution in [2.75, 3.05) is 7.11 Å². The quantitative estimate of drug-likeness (QED) is 0.835. The van der Waals surface area contributed by atoms with E-state index in [4.69, 9.17) is 9.73 Å². The zero-order valence-electron chi connectivity index (χ0n) is 13.9. The number of fused-ring (bicyclic) bond motifs is 1. The van der Waals surface area contributed by atoms with Gasteiger partial charge in [0.05, 0.1) is 13.0 Å². The molecule has 0 radical (unpaired) electrons. The van der Waals surface area contributed by atoms with Crippen molar-refractivity contribution >= 4 is 17.3 Å². The second-order valence-corrected chi connectivity index (χ2v) is 6.79. The zero-order valence-corrected chi connectivity index (χ0v) is 13.9. The molecular formula is C20H21NO3. The van der Waals surface area contributed by atoms with Gasteiger partial charge >= 0.3 is 0 Å². The second kappa shape index (κ2) is 6.00. The fourth-order valence-corrected chi connectivity index (χ4v) is 4.27. The maximum absolute atomic E-state index is 12.7. The van der Waals surface area contributed by atoms with E-state index >= 15 is 0 Å². The van der Waals surface area contributed by atoms with Crippen LogP contribution in [-0.4, -0.2) is 24.4 Å². The number of hydrogen-bond acceptors (Lipinski definition) is 4. The SMILES string of the molecule is COc1ccc(C2C3=C(CCCC3=O)N=C3CCCC(=O)C32)cc1. The van der Waals surface area contributed by atoms with E-state index in [0.29, 0.717) is 12.8 Å². The van der Waals surface area contributed by atoms with E-state index in [1.165, 1.54) is 0 Å². The van der Waals surface area contributed by atoms with Crippen molar-refractivity contribution in [1.29, 1.82) is 0 Å². The number of carbonyl (C=O) groups is 2. The summed E-state index contributed by atoms with van der Waals surface area (Å²) in [6, 6.07) is 7.78. The second-order valence-electron chi connectivity index (χ2n) is 6.79. The molecule has 4 rings (SSSR count). The summed E-state index contributed by atoms with van der Waals surface area (Å²) in [5.41, 5.74) is 3.72. The molecule has 1 aliphatic heterocycles. The smallest absolute Gasteiger partial charge is 0.161 e. The maximum atomic E-state index is 12.7. The van der Waals surface area contributed by atoms with E-state index < -0.39 is 0 Å². The van der Waals surface area contributed by atoms with Crippen molar-refractivity contribution in [1.82, 2.24) is 0 Å². The van der Waals surface area contributed by atoms with Crippen LogP contribution < -0.4 is 4.74 Å². The molecule has 2 unspecified atom stereocenters. The van der Waals surface area contributed by atoms with E-state index in [1.54, 1.807) is 7.11 Å². The van der Waals surface area contributed by atoms with Crippen LogP contribution in [0.4, 0.5) is 0 Å². The maximum Gasteiger partial charge on any atom is 0.161 e. The van der Waals surface area contributed by atoms with Gasteiger partial charge in [0.15, 0.2) is 5.78 Å². The molecule has 0 N–H and O–H groups in total. The van der Waals surface area contributed by atoms with E-state index in [0.717, 1.165) is 54.0 Å². The zero-order chi connectivity index (χ0) is 16.7. The number of ether oxygens (including phenoxy) is 1. The van der Waals surface area contributed by atoms with Crippen LogP contribution in [0, 0.1) is 5.92 Å². The summed E-state index contributed by atoms with van der Waals surface area (Å²) in [5.74, 6) is 0.749. The van der Waals surface area contributed by atoms with Gasteiger partial charge in [0.2, 0.25) is 0 Å². The molecule has 0 aromatic heterocycles. The van der Waals surface area contributed by atoms with Crippen molar-refractivity contribution in [3.8, 4) is 5.75 Å². The summed E-state index contributed by atoms with van der Waals surface area (Å²) in [7, 11) is 1.64. The van der Waals surface area contributed by atoms with Crippen LogP contribution >= 0.6 is 0 Å². The van der Waals surface area contributed by atoms with Gasteiger partial charge in [-0.05, 0) is 43.4 Å². The average molecular weight is 323 g/mol. The van der Waals surface area contributed by atoms with Crippen LogP contribution in [0.5, 0.6) is 5.75 Å². The number of ketones is 2. The van der Waals surface area contributed by atoms with Crippen LogP contribution in [0.25, 0.3) is 0 Å². The molecule has 2 aliphatic carbocycles. The number of carbonyl (C=O) groups excluding carboxylic acids is 2. The summed E-state index contributed by atoms with van der Waals surface area (Å²) in [5, 5.41) is 0. The van der Waals surface area contributed by atoms with E-state index in [-0.39, 0.29) is 23.4 Å². The summed E-state index contributed by atoms with van der Waals surface area (Å²) < 4.78 is 5.24. The van der Waals surface area contributed by atoms with Crippen molar-refractivity contribution in [3.05, 3.63) is 41.1 Å². The Morgan fingerprint density at radius 1 is 0.958 bits per heavy atom. The monoisotopic (exact) mass is 323 g/mol. The van der Waals surface area contributed by atoms with E-state index in [9.17, 15) is 9.59 Å². The minimum atomic E-state index is -0.257. The molecule has 1 aromatic carbocycles. The van der Waals surface area contributed by atoms with Gasteiger partial charge in [-0.2, -0.15) is 0 Å². The molecule has 2 atom stereocenters. The van der Waals surface area contributed by atoms with Crippen molar-refractivity contribution < 1.29 is 14.3 Å². The van der Waals surface area contributed by atoms with Gasteiger partial charge in [-0.15, -0.1) is 0 Å². The van der Waals surface area contributed by atoms with Crippen LogP contribution in [0.1, 0.15) is 50.0 Å². The molecule has 1 saturated carbocycles. The van der Waals surface area contributed by atoms with Gasteiger partial charge in [-0.25, -0.2) is 0 Å². The third kappa shape index (κ3) is 2.41. The Hall–Kier alpha value is -2.23. The van der Waals surface area contributed by atoms with Gasteiger partial charge in [-0.3, -0.25) is 14.6 Å². The van der Waals surface area contributed by atoms with Gasteiger partial charge in [0.1, 0.15) is 11.5 Å². The molecule has 1 aromatic rings. The number of hydrogen-bond donors (Lipinski definition) is 0. The number of Topliss-reactive ketones (excluding diaryl/α,β-unsaturated/α-hetero) is 2. The number of benzene rings is 1. The Kier molecular flexibility index (Phi) is 3.83. The van der Waals surface area contributed by atoms with Crippen LogP contribution in [0.3, 0.4) is 0 Å². The molecule has 1 heterocycles. The Balaban J connectivity index is 1.85. The first kappa shape index (κ1) is 15.3. The van der Waals surface area contributed by atoms with Crippen LogP contribution in [0.2, 0.25) is 0 Å². The lowest BCUT2D eigenvalue weighted by Crippen LogP contribution is -2.39. The minimum Gasteiger partial charge on any atom is -0.497 e. The highest BCUT2D eigenvalue weighted by Crippen LogP contribution is 2.46. The molecule has 1 fully saturated rings. The average Bonchev–Trinajstić information content (AvgIpc) is 2.61. The fourth-order valence-electron chi connectivity index (χ4n) is 4.27. The Morgan fingerprint density at radius 2 is 1.71 bits per heavy atom. The molecule has 124 valence electrons. The van der Waals surface area contributed by atoms with Crippen molar-refractivity contribution in [2.24, 2.45) is 10.9 Å². The molecule has 3 aliphatic rings. The summed E-state index contributed by atoms with van der Waals surface area (Å²) in [6.07, 6.45) is 4.61. The highest BCUT2D eigenvalue weighted by atomic mass is 16.5. The number of methoxy groups -OCH3 is 1. The Bertz CT molecular complexity index is 758. The van der Waals surface area contributed by atoms with Gasteiger partial charge in [0.25, 0.3) is 0 Å². The first-order chi connectivity index (χ1) is 11.7. The normalized spacial score (nSPS) is 26.6. The third-order valence-electron chi connectivity index (χ3n) is 5.39. The molecule has 0 saturated heterocycles. The molecular weight excluding hydrogens is 302 g/mol. The largest absolute Gasteiger partial charge is 0.497 e. The number of allylic oxidation sites excluding steroid dienone is 2. The van der Waals surface area contributed by atoms with E-state index in [2.05, 4.69) is 0 Å². The predicted octanol–water partition coefficient (Wildman–Crippen LogP) is 3.61. The number of nitrogens with zero attached hydrogens (tertiary/aromatic N) is 1. The molecule has 4 heteroatoms. The lowest BCUT2D eigenvalue weighted by atomic mass is 9.67. The molecule has 0 spiro atoms. The van der Waals surface area contributed by atoms with Crippen molar-refractivity contribution in [2.45, 2.75) is 44.4 Å². The molecule has 4 nitrogen and oxygen atoms in total. The van der Waals surface area contributed by atoms with Gasteiger partial charge in [0, 0.05) is 35.7 Å². The fraction of sp³-hybridized carbons (Fsp3) is 0.450. The van der Waals surface area contributed by atoms with Crippen molar-refractivity contribution in [3.63, 3.8) is 0 Å². The first-order valence-electron chi connectivity index (χ1n) is 8.69. The Labute approximate surface area is 141 Å². The minimum absolute atomic E-state index is 0.165. The topological polar surface area (TPSA) is 55.7 Å². The van der Waals surface area contributed by atoms with Gasteiger partial charge < -0.3 is 4.74 Å². The summed E-state index contributed by atoms with van der Waals surface area (Å²) in [6.45, 7) is 0. The van der Waals surface area contributed by atoms with Crippen LogP contribution in [0.15, 0.2) is 40.5 Å².